The van der Waals surface area contributed by atoms with Crippen LogP contribution < -0.4 is 9.42 Å². The first kappa shape index (κ1) is 15.6. The van der Waals surface area contributed by atoms with E-state index in [4.69, 9.17) is 5.26 Å². The number of hydrogen-bond donors (Lipinski definition) is 0. The highest BCUT2D eigenvalue weighted by Crippen LogP contribution is 2.23. The van der Waals surface area contributed by atoms with Gasteiger partial charge in [0.2, 0.25) is 12.2 Å². The minimum absolute atomic E-state index is 0.0661. The summed E-state index contributed by atoms with van der Waals surface area (Å²) in [6.07, 6.45) is 2.37. The quantitative estimate of drug-likeness (QED) is 0.749. The molecule has 1 amide bonds. The molecule has 1 aliphatic rings. The summed E-state index contributed by atoms with van der Waals surface area (Å²) in [4.78, 5) is 25.2. The van der Waals surface area contributed by atoms with Crippen molar-refractivity contribution < 1.29 is 9.31 Å². The van der Waals surface area contributed by atoms with Gasteiger partial charge in [0.05, 0.1) is 18.7 Å². The number of nitriles is 1. The summed E-state index contributed by atoms with van der Waals surface area (Å²) in [6.45, 7) is 3.47. The van der Waals surface area contributed by atoms with Crippen LogP contribution in [0, 0.1) is 17.2 Å². The normalized spacial score (nSPS) is 21.2. The van der Waals surface area contributed by atoms with Crippen LogP contribution in [0.25, 0.3) is 4.96 Å². The highest BCUT2D eigenvalue weighted by molar-refractivity contribution is 7.14. The van der Waals surface area contributed by atoms with Gasteiger partial charge in [-0.05, 0) is 12.3 Å². The van der Waals surface area contributed by atoms with E-state index in [-0.39, 0.29) is 18.4 Å². The van der Waals surface area contributed by atoms with Gasteiger partial charge < -0.3 is 4.90 Å². The smallest absolute Gasteiger partial charge is 0.339 e. The van der Waals surface area contributed by atoms with Gasteiger partial charge in [-0.3, -0.25) is 9.69 Å². The topological polar surface area (TPSA) is 90.1 Å². The Bertz CT molecular complexity index is 755. The molecule has 0 aliphatic carbocycles. The molecule has 0 spiro atoms. The standard InChI is InChI=1S/C14H18N7OS/c1-10-4-6-20(12(22)3-5-15)7-11(10)19(2)13-16-8-17-14-21(13)18-9-23-14/h8-11H,3-4,6-7H2,1-2H3/q+1/t10-,11+/m1/s1. The molecule has 1 aliphatic heterocycles. The summed E-state index contributed by atoms with van der Waals surface area (Å²) >= 11 is 1.45. The van der Waals surface area contributed by atoms with Gasteiger partial charge in [0.15, 0.2) is 0 Å². The van der Waals surface area contributed by atoms with E-state index in [1.54, 1.807) is 14.9 Å². The Labute approximate surface area is 138 Å². The molecule has 2 aromatic heterocycles. The first-order chi connectivity index (χ1) is 11.1. The number of nitrogens with zero attached hydrogens (tertiary/aromatic N) is 7. The highest BCUT2D eigenvalue weighted by Gasteiger charge is 2.36. The first-order valence-electron chi connectivity index (χ1n) is 7.46. The minimum atomic E-state index is -0.105. The maximum Gasteiger partial charge on any atom is 0.377 e. The Hall–Kier alpha value is -2.34. The number of rotatable bonds is 3. The molecule has 0 radical (unpaired) electrons. The van der Waals surface area contributed by atoms with E-state index in [1.807, 2.05) is 13.1 Å². The lowest BCUT2D eigenvalue weighted by molar-refractivity contribution is -0.568. The van der Waals surface area contributed by atoms with Crippen LogP contribution >= 0.6 is 11.3 Å². The predicted octanol–water partition coefficient (Wildman–Crippen LogP) is 0.259. The molecule has 23 heavy (non-hydrogen) atoms. The number of hydrogen-bond acceptors (Lipinski definition) is 7. The molecule has 1 fully saturated rings. The van der Waals surface area contributed by atoms with Crippen LogP contribution in [0.4, 0.5) is 5.95 Å². The minimum Gasteiger partial charge on any atom is -0.339 e. The molecule has 3 heterocycles. The van der Waals surface area contributed by atoms with Crippen molar-refractivity contribution in [3.8, 4) is 6.07 Å². The van der Waals surface area contributed by atoms with Crippen molar-refractivity contribution in [1.82, 2.24) is 20.0 Å². The molecule has 120 valence electrons. The number of carbonyl (C=O) groups excluding carboxylic acids is 1. The summed E-state index contributed by atoms with van der Waals surface area (Å²) in [7, 11) is 1.97. The van der Waals surface area contributed by atoms with Crippen LogP contribution in [-0.2, 0) is 4.79 Å². The molecule has 2 aromatic rings. The van der Waals surface area contributed by atoms with Gasteiger partial charge >= 0.3 is 10.9 Å². The molecule has 0 N–H and O–H groups in total. The third-order valence-corrected chi connectivity index (χ3v) is 5.04. The SMILES string of the molecule is C[C@@H]1CCN(C(=O)CC#N)C[C@@H]1N(C)c1ncnc2scn[n+]12. The molecule has 0 aromatic carbocycles. The lowest BCUT2D eigenvalue weighted by Crippen LogP contribution is -2.54. The van der Waals surface area contributed by atoms with Crippen LogP contribution in [0.3, 0.4) is 0 Å². The largest absolute Gasteiger partial charge is 0.377 e. The van der Waals surface area contributed by atoms with Crippen LogP contribution in [0.2, 0.25) is 0 Å². The Morgan fingerprint density at radius 2 is 2.43 bits per heavy atom. The van der Waals surface area contributed by atoms with Crippen LogP contribution in [0.15, 0.2) is 11.8 Å². The van der Waals surface area contributed by atoms with E-state index in [2.05, 4.69) is 26.9 Å². The Kier molecular flexibility index (Phi) is 4.34. The summed E-state index contributed by atoms with van der Waals surface area (Å²) in [6, 6.07) is 2.06. The monoisotopic (exact) mass is 332 g/mol. The summed E-state index contributed by atoms with van der Waals surface area (Å²) < 4.78 is 1.72. The fourth-order valence-electron chi connectivity index (χ4n) is 2.97. The van der Waals surface area contributed by atoms with Gasteiger partial charge in [-0.2, -0.15) is 5.26 Å². The fourth-order valence-corrected chi connectivity index (χ4v) is 3.54. The average Bonchev–Trinajstić information content (AvgIpc) is 3.03. The van der Waals surface area contributed by atoms with Gasteiger partial charge in [0, 0.05) is 13.6 Å². The van der Waals surface area contributed by atoms with E-state index >= 15 is 0 Å². The lowest BCUT2D eigenvalue weighted by Gasteiger charge is -2.39. The van der Waals surface area contributed by atoms with Crippen molar-refractivity contribution in [3.63, 3.8) is 0 Å². The van der Waals surface area contributed by atoms with Crippen molar-refractivity contribution in [2.45, 2.75) is 25.8 Å². The number of likely N-dealkylation sites (tertiary alicyclic amines) is 1. The number of anilines is 1. The molecular formula is C14H18N7OS+. The maximum absolute atomic E-state index is 12.0. The van der Waals surface area contributed by atoms with Crippen molar-refractivity contribution >= 4 is 28.2 Å². The molecule has 1 saturated heterocycles. The predicted molar refractivity (Wildman–Crippen MR) is 83.6 cm³/mol. The van der Waals surface area contributed by atoms with E-state index in [0.717, 1.165) is 11.4 Å². The Morgan fingerprint density at radius 1 is 1.61 bits per heavy atom. The van der Waals surface area contributed by atoms with Crippen molar-refractivity contribution in [2.24, 2.45) is 5.92 Å². The number of piperidine rings is 1. The van der Waals surface area contributed by atoms with E-state index in [9.17, 15) is 4.79 Å². The molecule has 9 heteroatoms. The fraction of sp³-hybridized carbons (Fsp3) is 0.571. The van der Waals surface area contributed by atoms with Crippen molar-refractivity contribution in [2.75, 3.05) is 25.0 Å². The van der Waals surface area contributed by atoms with E-state index in [0.29, 0.717) is 25.0 Å². The Morgan fingerprint density at radius 3 is 3.22 bits per heavy atom. The van der Waals surface area contributed by atoms with Crippen molar-refractivity contribution in [3.05, 3.63) is 11.8 Å². The van der Waals surface area contributed by atoms with Crippen LogP contribution in [0.1, 0.15) is 19.8 Å². The van der Waals surface area contributed by atoms with Gasteiger partial charge in [-0.25, -0.2) is 0 Å². The van der Waals surface area contributed by atoms with Gasteiger partial charge in [0.1, 0.15) is 11.9 Å². The molecule has 0 unspecified atom stereocenters. The highest BCUT2D eigenvalue weighted by atomic mass is 32.1. The zero-order chi connectivity index (χ0) is 16.4. The zero-order valence-electron chi connectivity index (χ0n) is 13.1. The van der Waals surface area contributed by atoms with Gasteiger partial charge in [0.25, 0.3) is 0 Å². The van der Waals surface area contributed by atoms with E-state index in [1.165, 1.54) is 17.7 Å². The second-order valence-electron chi connectivity index (χ2n) is 5.73. The van der Waals surface area contributed by atoms with Crippen LogP contribution in [-0.4, -0.2) is 52.1 Å². The second-order valence-corrected chi connectivity index (χ2v) is 6.54. The third-order valence-electron chi connectivity index (χ3n) is 4.35. The van der Waals surface area contributed by atoms with E-state index < -0.39 is 0 Å². The molecule has 0 bridgehead atoms. The third kappa shape index (κ3) is 2.94. The van der Waals surface area contributed by atoms with Gasteiger partial charge in [-0.15, -0.1) is 5.10 Å². The zero-order valence-corrected chi connectivity index (χ0v) is 13.9. The Balaban J connectivity index is 1.85. The number of likely N-dealkylation sites (N-methyl/N-ethyl adjacent to an activating group) is 1. The second kappa shape index (κ2) is 6.42. The summed E-state index contributed by atoms with van der Waals surface area (Å²) in [5, 5.41) is 13.0. The lowest BCUT2D eigenvalue weighted by atomic mass is 9.92. The number of fused-ring (bicyclic) bond motifs is 1. The maximum atomic E-state index is 12.0. The molecule has 8 nitrogen and oxygen atoms in total. The summed E-state index contributed by atoms with van der Waals surface area (Å²) in [5.41, 5.74) is 1.73. The first-order valence-corrected chi connectivity index (χ1v) is 8.34. The molecule has 2 atom stereocenters. The number of carbonyl (C=O) groups is 1. The molecular weight excluding hydrogens is 314 g/mol. The van der Waals surface area contributed by atoms with Gasteiger partial charge in [-0.1, -0.05) is 32.7 Å². The summed E-state index contributed by atoms with van der Waals surface area (Å²) in [5.74, 6) is 1.02. The number of aromatic nitrogens is 4. The molecule has 3 rings (SSSR count). The van der Waals surface area contributed by atoms with Crippen LogP contribution in [0.5, 0.6) is 0 Å². The molecule has 0 saturated carbocycles. The average molecular weight is 332 g/mol. The van der Waals surface area contributed by atoms with Crippen molar-refractivity contribution in [1.29, 1.82) is 5.26 Å². The number of amides is 1.